The molecule has 1 amide bonds. The van der Waals surface area contributed by atoms with Gasteiger partial charge in [0.15, 0.2) is 0 Å². The molecule has 0 spiro atoms. The second-order valence-electron chi connectivity index (χ2n) is 5.88. The van der Waals surface area contributed by atoms with Crippen molar-refractivity contribution in [3.63, 3.8) is 0 Å². The molecule has 0 unspecified atom stereocenters. The molecule has 0 bridgehead atoms. The highest BCUT2D eigenvalue weighted by Crippen LogP contribution is 2.37. The molecule has 0 fully saturated rings. The molecule has 1 aromatic heterocycles. The summed E-state index contributed by atoms with van der Waals surface area (Å²) in [5.74, 6) is -0.559. The van der Waals surface area contributed by atoms with Gasteiger partial charge >= 0.3 is 5.82 Å². The highest BCUT2D eigenvalue weighted by molar-refractivity contribution is 5.91. The standard InChI is InChI=1S/C18H14N4O3/c23-18(11-21-8-7-17(20-21)22(24)25)19-14-5-6-16-13(10-14)9-12-3-1-2-4-15(12)16/h1-8,10H,9,11H2,(H,19,23). The van der Waals surface area contributed by atoms with Crippen molar-refractivity contribution in [1.29, 1.82) is 0 Å². The predicted octanol–water partition coefficient (Wildman–Crippen LogP) is 3.00. The highest BCUT2D eigenvalue weighted by Gasteiger charge is 2.18. The number of anilines is 1. The molecule has 3 aromatic rings. The average molecular weight is 334 g/mol. The Bertz CT molecular complexity index is 993. The van der Waals surface area contributed by atoms with Crippen LogP contribution in [-0.2, 0) is 17.8 Å². The van der Waals surface area contributed by atoms with Gasteiger partial charge in [-0.25, -0.2) is 0 Å². The van der Waals surface area contributed by atoms with Crippen LogP contribution in [0.2, 0.25) is 0 Å². The van der Waals surface area contributed by atoms with Gasteiger partial charge in [0.25, 0.3) is 0 Å². The van der Waals surface area contributed by atoms with Crippen LogP contribution in [0, 0.1) is 10.1 Å². The molecular weight excluding hydrogens is 320 g/mol. The maximum atomic E-state index is 12.1. The number of aromatic nitrogens is 2. The largest absolute Gasteiger partial charge is 0.389 e. The van der Waals surface area contributed by atoms with E-state index in [0.29, 0.717) is 5.69 Å². The first-order valence-corrected chi connectivity index (χ1v) is 7.79. The van der Waals surface area contributed by atoms with E-state index in [1.54, 1.807) is 0 Å². The number of hydrogen-bond acceptors (Lipinski definition) is 4. The minimum absolute atomic E-state index is 0.0782. The Balaban J connectivity index is 1.47. The van der Waals surface area contributed by atoms with E-state index in [0.717, 1.165) is 6.42 Å². The monoisotopic (exact) mass is 334 g/mol. The lowest BCUT2D eigenvalue weighted by Gasteiger charge is -2.07. The molecule has 4 rings (SSSR count). The lowest BCUT2D eigenvalue weighted by molar-refractivity contribution is -0.389. The third kappa shape index (κ3) is 2.87. The average Bonchev–Trinajstić information content (AvgIpc) is 3.18. The van der Waals surface area contributed by atoms with Gasteiger partial charge in [0.05, 0.1) is 17.4 Å². The molecule has 1 aliphatic rings. The number of fused-ring (bicyclic) bond motifs is 3. The first-order valence-electron chi connectivity index (χ1n) is 7.79. The van der Waals surface area contributed by atoms with Gasteiger partial charge in [0.1, 0.15) is 6.54 Å². The maximum absolute atomic E-state index is 12.1. The van der Waals surface area contributed by atoms with E-state index in [2.05, 4.69) is 22.5 Å². The van der Waals surface area contributed by atoms with Crippen molar-refractivity contribution in [1.82, 2.24) is 9.78 Å². The van der Waals surface area contributed by atoms with Gasteiger partial charge in [-0.2, -0.15) is 4.68 Å². The summed E-state index contributed by atoms with van der Waals surface area (Å²) in [6, 6.07) is 15.4. The van der Waals surface area contributed by atoms with Gasteiger partial charge < -0.3 is 15.4 Å². The number of nitrogens with one attached hydrogen (secondary N) is 1. The molecule has 7 nitrogen and oxygen atoms in total. The Labute approximate surface area is 143 Å². The van der Waals surface area contributed by atoms with Gasteiger partial charge in [0, 0.05) is 5.69 Å². The molecule has 1 aliphatic carbocycles. The number of nitrogens with zero attached hydrogens (tertiary/aromatic N) is 3. The maximum Gasteiger partial charge on any atom is 0.389 e. The van der Waals surface area contributed by atoms with E-state index in [-0.39, 0.29) is 18.3 Å². The molecule has 1 N–H and O–H groups in total. The minimum Gasteiger partial charge on any atom is -0.358 e. The summed E-state index contributed by atoms with van der Waals surface area (Å²) in [7, 11) is 0. The molecule has 0 saturated heterocycles. The molecule has 0 radical (unpaired) electrons. The molecule has 124 valence electrons. The van der Waals surface area contributed by atoms with Crippen molar-refractivity contribution in [2.45, 2.75) is 13.0 Å². The van der Waals surface area contributed by atoms with E-state index < -0.39 is 4.92 Å². The van der Waals surface area contributed by atoms with E-state index in [4.69, 9.17) is 0 Å². The van der Waals surface area contributed by atoms with Crippen LogP contribution in [0.1, 0.15) is 11.1 Å². The molecule has 2 aromatic carbocycles. The summed E-state index contributed by atoms with van der Waals surface area (Å²) in [5, 5.41) is 17.2. The van der Waals surface area contributed by atoms with Crippen molar-refractivity contribution >= 4 is 17.4 Å². The fourth-order valence-electron chi connectivity index (χ4n) is 3.11. The van der Waals surface area contributed by atoms with Crippen LogP contribution in [0.4, 0.5) is 11.5 Å². The summed E-state index contributed by atoms with van der Waals surface area (Å²) in [5.41, 5.74) is 5.59. The van der Waals surface area contributed by atoms with Crippen LogP contribution in [0.15, 0.2) is 54.7 Å². The Morgan fingerprint density at radius 2 is 1.96 bits per heavy atom. The predicted molar refractivity (Wildman–Crippen MR) is 92.2 cm³/mol. The normalized spacial score (nSPS) is 11.7. The smallest absolute Gasteiger partial charge is 0.358 e. The second-order valence-corrected chi connectivity index (χ2v) is 5.88. The molecule has 0 atom stereocenters. The summed E-state index contributed by atoms with van der Waals surface area (Å²) < 4.78 is 1.25. The summed E-state index contributed by atoms with van der Waals surface area (Å²) in [6.07, 6.45) is 2.26. The van der Waals surface area contributed by atoms with Gasteiger partial charge in [0.2, 0.25) is 5.91 Å². The summed E-state index contributed by atoms with van der Waals surface area (Å²) in [6.45, 7) is -0.0782. The number of amides is 1. The number of nitro groups is 1. The molecule has 0 aliphatic heterocycles. The van der Waals surface area contributed by atoms with Gasteiger partial charge in [-0.15, -0.1) is 0 Å². The lowest BCUT2D eigenvalue weighted by Crippen LogP contribution is -2.19. The Hall–Kier alpha value is -3.48. The molecular formula is C18H14N4O3. The van der Waals surface area contributed by atoms with E-state index in [1.807, 2.05) is 30.3 Å². The topological polar surface area (TPSA) is 90.1 Å². The number of rotatable bonds is 4. The Morgan fingerprint density at radius 3 is 2.76 bits per heavy atom. The highest BCUT2D eigenvalue weighted by atomic mass is 16.6. The molecule has 7 heteroatoms. The zero-order valence-electron chi connectivity index (χ0n) is 13.2. The third-order valence-corrected chi connectivity index (χ3v) is 4.20. The Kier molecular flexibility index (Phi) is 3.53. The third-order valence-electron chi connectivity index (χ3n) is 4.20. The fraction of sp³-hybridized carbons (Fsp3) is 0.111. The zero-order valence-corrected chi connectivity index (χ0v) is 13.2. The summed E-state index contributed by atoms with van der Waals surface area (Å²) >= 11 is 0. The van der Waals surface area contributed by atoms with Crippen LogP contribution in [0.25, 0.3) is 11.1 Å². The van der Waals surface area contributed by atoms with E-state index in [1.165, 1.54) is 39.2 Å². The van der Waals surface area contributed by atoms with Crippen LogP contribution in [-0.4, -0.2) is 20.6 Å². The van der Waals surface area contributed by atoms with Crippen molar-refractivity contribution in [2.75, 3.05) is 5.32 Å². The van der Waals surface area contributed by atoms with Gasteiger partial charge in [-0.1, -0.05) is 30.3 Å². The van der Waals surface area contributed by atoms with Crippen molar-refractivity contribution < 1.29 is 9.72 Å². The number of benzene rings is 2. The minimum atomic E-state index is -0.591. The number of hydrogen-bond donors (Lipinski definition) is 1. The van der Waals surface area contributed by atoms with Crippen LogP contribution < -0.4 is 5.32 Å². The Morgan fingerprint density at radius 1 is 1.16 bits per heavy atom. The van der Waals surface area contributed by atoms with Crippen molar-refractivity contribution in [3.05, 3.63) is 76.0 Å². The van der Waals surface area contributed by atoms with Crippen molar-refractivity contribution in [3.8, 4) is 11.1 Å². The van der Waals surface area contributed by atoms with E-state index in [9.17, 15) is 14.9 Å². The van der Waals surface area contributed by atoms with E-state index >= 15 is 0 Å². The fourth-order valence-corrected chi connectivity index (χ4v) is 3.11. The first kappa shape index (κ1) is 15.1. The molecule has 0 saturated carbocycles. The molecule has 25 heavy (non-hydrogen) atoms. The van der Waals surface area contributed by atoms with Gasteiger partial charge in [-0.3, -0.25) is 4.79 Å². The first-order chi connectivity index (χ1) is 12.1. The number of carbonyl (C=O) groups is 1. The molecule has 1 heterocycles. The van der Waals surface area contributed by atoms with Crippen LogP contribution in [0.5, 0.6) is 0 Å². The SMILES string of the molecule is O=C(Cn1ccc([N+](=O)[O-])n1)Nc1ccc2c(c1)Cc1ccccc1-2. The summed E-state index contributed by atoms with van der Waals surface area (Å²) in [4.78, 5) is 22.2. The zero-order chi connectivity index (χ0) is 17.4. The lowest BCUT2D eigenvalue weighted by atomic mass is 10.1. The van der Waals surface area contributed by atoms with Crippen molar-refractivity contribution in [2.24, 2.45) is 0 Å². The quantitative estimate of drug-likeness (QED) is 0.459. The second kappa shape index (κ2) is 5.86. The number of carbonyl (C=O) groups excluding carboxylic acids is 1. The van der Waals surface area contributed by atoms with Gasteiger partial charge in [-0.05, 0) is 45.7 Å². The van der Waals surface area contributed by atoms with Crippen LogP contribution in [0.3, 0.4) is 0 Å². The van der Waals surface area contributed by atoms with Crippen LogP contribution >= 0.6 is 0 Å².